The highest BCUT2D eigenvalue weighted by molar-refractivity contribution is 6.18. The predicted molar refractivity (Wildman–Crippen MR) is 44.8 cm³/mol. The lowest BCUT2D eigenvalue weighted by atomic mass is 9.86. The first-order valence-electron chi connectivity index (χ1n) is 3.86. The van der Waals surface area contributed by atoms with Crippen molar-refractivity contribution in [3.8, 4) is 0 Å². The molecule has 1 fully saturated rings. The lowest BCUT2D eigenvalue weighted by Crippen LogP contribution is -2.45. The third-order valence-corrected chi connectivity index (χ3v) is 2.42. The SMILES string of the molecule is CC(C)(C)C1(CCl)OCCO1. The zero-order valence-electron chi connectivity index (χ0n) is 7.32. The molecule has 0 aromatic heterocycles. The van der Waals surface area contributed by atoms with Crippen LogP contribution in [0.25, 0.3) is 0 Å². The Balaban J connectivity index is 2.75. The number of hydrogen-bond donors (Lipinski definition) is 0. The number of rotatable bonds is 1. The topological polar surface area (TPSA) is 18.5 Å². The fraction of sp³-hybridized carbons (Fsp3) is 1.00. The lowest BCUT2D eigenvalue weighted by molar-refractivity contribution is -0.205. The Bertz CT molecular complexity index is 134. The predicted octanol–water partition coefficient (Wildman–Crippen LogP) is 2.01. The minimum atomic E-state index is -0.561. The van der Waals surface area contributed by atoms with E-state index in [1.165, 1.54) is 0 Å². The van der Waals surface area contributed by atoms with Crippen LogP contribution in [-0.4, -0.2) is 24.9 Å². The van der Waals surface area contributed by atoms with Gasteiger partial charge in [0.15, 0.2) is 5.79 Å². The number of ether oxygens (including phenoxy) is 2. The summed E-state index contributed by atoms with van der Waals surface area (Å²) in [6.07, 6.45) is 0. The first-order valence-corrected chi connectivity index (χ1v) is 4.39. The van der Waals surface area contributed by atoms with Gasteiger partial charge in [0.25, 0.3) is 0 Å². The van der Waals surface area contributed by atoms with Crippen LogP contribution in [0.3, 0.4) is 0 Å². The second-order valence-corrected chi connectivity index (χ2v) is 4.10. The molecule has 0 unspecified atom stereocenters. The molecular weight excluding hydrogens is 164 g/mol. The summed E-state index contributed by atoms with van der Waals surface area (Å²) in [5, 5.41) is 0. The van der Waals surface area contributed by atoms with E-state index in [1.807, 2.05) is 0 Å². The monoisotopic (exact) mass is 178 g/mol. The number of halogens is 1. The van der Waals surface area contributed by atoms with E-state index < -0.39 is 5.79 Å². The van der Waals surface area contributed by atoms with Crippen molar-refractivity contribution in [3.05, 3.63) is 0 Å². The first-order chi connectivity index (χ1) is 5.02. The van der Waals surface area contributed by atoms with Crippen molar-refractivity contribution in [2.75, 3.05) is 19.1 Å². The molecule has 0 amide bonds. The highest BCUT2D eigenvalue weighted by Crippen LogP contribution is 2.38. The van der Waals surface area contributed by atoms with E-state index in [2.05, 4.69) is 20.8 Å². The fourth-order valence-electron chi connectivity index (χ4n) is 1.17. The summed E-state index contributed by atoms with van der Waals surface area (Å²) in [6, 6.07) is 0. The quantitative estimate of drug-likeness (QED) is 0.572. The number of hydrogen-bond acceptors (Lipinski definition) is 2. The summed E-state index contributed by atoms with van der Waals surface area (Å²) in [4.78, 5) is 0. The molecule has 0 aromatic carbocycles. The standard InChI is InChI=1S/C8H15ClO2/c1-7(2,3)8(6-9)10-4-5-11-8/h4-6H2,1-3H3. The maximum atomic E-state index is 5.80. The molecule has 0 saturated carbocycles. The summed E-state index contributed by atoms with van der Waals surface area (Å²) in [7, 11) is 0. The fourth-order valence-corrected chi connectivity index (χ4v) is 1.72. The van der Waals surface area contributed by atoms with Crippen LogP contribution in [-0.2, 0) is 9.47 Å². The van der Waals surface area contributed by atoms with Crippen molar-refractivity contribution in [1.82, 2.24) is 0 Å². The van der Waals surface area contributed by atoms with Crippen LogP contribution in [0.1, 0.15) is 20.8 Å². The van der Waals surface area contributed by atoms with Gasteiger partial charge in [-0.1, -0.05) is 20.8 Å². The Hall–Kier alpha value is 0.210. The van der Waals surface area contributed by atoms with Gasteiger partial charge in [0.05, 0.1) is 19.1 Å². The van der Waals surface area contributed by atoms with Crippen molar-refractivity contribution < 1.29 is 9.47 Å². The van der Waals surface area contributed by atoms with Gasteiger partial charge in [-0.15, -0.1) is 11.6 Å². The molecule has 0 spiro atoms. The maximum Gasteiger partial charge on any atom is 0.186 e. The molecule has 66 valence electrons. The normalized spacial score (nSPS) is 24.0. The van der Waals surface area contributed by atoms with E-state index in [9.17, 15) is 0 Å². The van der Waals surface area contributed by atoms with Crippen LogP contribution in [0.4, 0.5) is 0 Å². The number of alkyl halides is 1. The molecule has 1 rings (SSSR count). The highest BCUT2D eigenvalue weighted by Gasteiger charge is 2.46. The van der Waals surface area contributed by atoms with Gasteiger partial charge in [-0.3, -0.25) is 0 Å². The largest absolute Gasteiger partial charge is 0.346 e. The van der Waals surface area contributed by atoms with Gasteiger partial charge in [-0.05, 0) is 0 Å². The maximum absolute atomic E-state index is 5.80. The summed E-state index contributed by atoms with van der Waals surface area (Å²) < 4.78 is 11.0. The van der Waals surface area contributed by atoms with Gasteiger partial charge in [-0.2, -0.15) is 0 Å². The third-order valence-electron chi connectivity index (χ3n) is 2.07. The van der Waals surface area contributed by atoms with Crippen LogP contribution < -0.4 is 0 Å². The second-order valence-electron chi connectivity index (χ2n) is 3.83. The minimum Gasteiger partial charge on any atom is -0.346 e. The van der Waals surface area contributed by atoms with Crippen LogP contribution in [0.5, 0.6) is 0 Å². The van der Waals surface area contributed by atoms with Crippen molar-refractivity contribution in [2.24, 2.45) is 5.41 Å². The average molecular weight is 179 g/mol. The van der Waals surface area contributed by atoms with Crippen LogP contribution >= 0.6 is 11.6 Å². The average Bonchev–Trinajstić information content (AvgIpc) is 2.33. The summed E-state index contributed by atoms with van der Waals surface area (Å²) in [5.41, 5.74) is -0.0503. The molecule has 0 aromatic rings. The minimum absolute atomic E-state index is 0.0503. The van der Waals surface area contributed by atoms with E-state index in [4.69, 9.17) is 21.1 Å². The van der Waals surface area contributed by atoms with Crippen molar-refractivity contribution in [3.63, 3.8) is 0 Å². The Morgan fingerprint density at radius 2 is 1.73 bits per heavy atom. The molecule has 0 atom stereocenters. The second kappa shape index (κ2) is 2.92. The molecule has 0 radical (unpaired) electrons. The van der Waals surface area contributed by atoms with Gasteiger partial charge in [-0.25, -0.2) is 0 Å². The van der Waals surface area contributed by atoms with E-state index in [-0.39, 0.29) is 5.41 Å². The third kappa shape index (κ3) is 1.53. The molecule has 1 saturated heterocycles. The van der Waals surface area contributed by atoms with Crippen LogP contribution in [0, 0.1) is 5.41 Å². The van der Waals surface area contributed by atoms with Crippen LogP contribution in [0.2, 0.25) is 0 Å². The van der Waals surface area contributed by atoms with Gasteiger partial charge < -0.3 is 9.47 Å². The summed E-state index contributed by atoms with van der Waals surface area (Å²) >= 11 is 5.80. The molecule has 1 aliphatic rings. The molecule has 1 heterocycles. The van der Waals surface area contributed by atoms with Crippen molar-refractivity contribution in [1.29, 1.82) is 0 Å². The van der Waals surface area contributed by atoms with E-state index in [0.29, 0.717) is 19.1 Å². The Morgan fingerprint density at radius 3 is 1.91 bits per heavy atom. The van der Waals surface area contributed by atoms with Crippen LogP contribution in [0.15, 0.2) is 0 Å². The zero-order chi connectivity index (χ0) is 8.54. The van der Waals surface area contributed by atoms with E-state index >= 15 is 0 Å². The Kier molecular flexibility index (Phi) is 2.47. The molecule has 0 N–H and O–H groups in total. The molecular formula is C8H15ClO2. The van der Waals surface area contributed by atoms with E-state index in [1.54, 1.807) is 0 Å². The lowest BCUT2D eigenvalue weighted by Gasteiger charge is -2.37. The molecule has 0 bridgehead atoms. The van der Waals surface area contributed by atoms with E-state index in [0.717, 1.165) is 0 Å². The molecule has 3 heteroatoms. The first kappa shape index (κ1) is 9.30. The molecule has 1 aliphatic heterocycles. The molecule has 11 heavy (non-hydrogen) atoms. The smallest absolute Gasteiger partial charge is 0.186 e. The van der Waals surface area contributed by atoms with Gasteiger partial charge in [0.2, 0.25) is 0 Å². The van der Waals surface area contributed by atoms with Gasteiger partial charge >= 0.3 is 0 Å². The Morgan fingerprint density at radius 1 is 1.27 bits per heavy atom. The molecule has 2 nitrogen and oxygen atoms in total. The van der Waals surface area contributed by atoms with Crippen molar-refractivity contribution in [2.45, 2.75) is 26.6 Å². The van der Waals surface area contributed by atoms with Gasteiger partial charge in [0, 0.05) is 5.41 Å². The zero-order valence-corrected chi connectivity index (χ0v) is 8.07. The highest BCUT2D eigenvalue weighted by atomic mass is 35.5. The Labute approximate surface area is 72.8 Å². The van der Waals surface area contributed by atoms with Crippen molar-refractivity contribution >= 4 is 11.6 Å². The summed E-state index contributed by atoms with van der Waals surface area (Å²) in [5.74, 6) is -0.162. The molecule has 0 aliphatic carbocycles. The summed E-state index contributed by atoms with van der Waals surface area (Å²) in [6.45, 7) is 7.52. The van der Waals surface area contributed by atoms with Gasteiger partial charge in [0.1, 0.15) is 0 Å².